The maximum Gasteiger partial charge on any atom is 0.408 e. The minimum Gasteiger partial charge on any atom is -0.473 e. The molecule has 1 aliphatic heterocycles. The molecule has 2 fully saturated rings. The summed E-state index contributed by atoms with van der Waals surface area (Å²) in [4.78, 5) is 6.16. The number of benzene rings is 1. The SMILES string of the molecule is CC(N)Oc1cc(F)cc2ccc(-c3nnc4ccc(C(N5CCC6(C)CC56)C(F)(F)F)cn34)nc12. The Morgan fingerprint density at radius 3 is 2.64 bits per heavy atom. The van der Waals surface area contributed by atoms with Gasteiger partial charge < -0.3 is 4.74 Å². The molecule has 6 rings (SSSR count). The average molecular weight is 501 g/mol. The van der Waals surface area contributed by atoms with Gasteiger partial charge >= 0.3 is 6.18 Å². The molecule has 0 radical (unpaired) electrons. The van der Waals surface area contributed by atoms with E-state index in [1.165, 1.54) is 34.9 Å². The van der Waals surface area contributed by atoms with Crippen molar-refractivity contribution in [3.8, 4) is 17.3 Å². The summed E-state index contributed by atoms with van der Waals surface area (Å²) in [5, 5.41) is 8.80. The van der Waals surface area contributed by atoms with Crippen LogP contribution in [0.25, 0.3) is 28.1 Å². The van der Waals surface area contributed by atoms with Gasteiger partial charge in [-0.2, -0.15) is 13.2 Å². The molecule has 0 bridgehead atoms. The summed E-state index contributed by atoms with van der Waals surface area (Å²) < 4.78 is 64.1. The molecule has 36 heavy (non-hydrogen) atoms. The van der Waals surface area contributed by atoms with Gasteiger partial charge in [-0.05, 0) is 55.5 Å². The molecule has 1 saturated carbocycles. The van der Waals surface area contributed by atoms with E-state index < -0.39 is 24.3 Å². The molecule has 1 aliphatic carbocycles. The first-order chi connectivity index (χ1) is 17.0. The Hall–Kier alpha value is -3.31. The van der Waals surface area contributed by atoms with Crippen molar-refractivity contribution in [2.24, 2.45) is 11.1 Å². The van der Waals surface area contributed by atoms with E-state index in [1.54, 1.807) is 24.0 Å². The summed E-state index contributed by atoms with van der Waals surface area (Å²) >= 11 is 0. The van der Waals surface area contributed by atoms with Gasteiger partial charge in [0.05, 0.1) is 0 Å². The maximum atomic E-state index is 14.3. The van der Waals surface area contributed by atoms with Gasteiger partial charge in [0.2, 0.25) is 0 Å². The number of likely N-dealkylation sites (tertiary alicyclic amines) is 1. The van der Waals surface area contributed by atoms with Gasteiger partial charge in [-0.15, -0.1) is 10.2 Å². The number of nitrogens with two attached hydrogens (primary N) is 1. The average Bonchev–Trinajstić information content (AvgIpc) is 3.13. The molecule has 2 aliphatic rings. The van der Waals surface area contributed by atoms with Crippen molar-refractivity contribution >= 4 is 16.6 Å². The van der Waals surface area contributed by atoms with Crippen LogP contribution in [0.2, 0.25) is 0 Å². The molecule has 4 unspecified atom stereocenters. The number of aromatic nitrogens is 4. The molecule has 2 N–H and O–H groups in total. The van der Waals surface area contributed by atoms with Gasteiger partial charge in [-0.1, -0.05) is 19.1 Å². The fourth-order valence-electron chi connectivity index (χ4n) is 5.41. The lowest BCUT2D eigenvalue weighted by Gasteiger charge is -2.31. The van der Waals surface area contributed by atoms with Crippen molar-refractivity contribution in [1.82, 2.24) is 24.5 Å². The number of piperidine rings is 1. The van der Waals surface area contributed by atoms with Gasteiger partial charge in [0, 0.05) is 23.7 Å². The lowest BCUT2D eigenvalue weighted by atomic mass is 10.1. The Morgan fingerprint density at radius 2 is 1.97 bits per heavy atom. The Kier molecular flexibility index (Phi) is 5.03. The first kappa shape index (κ1) is 23.1. The highest BCUT2D eigenvalue weighted by Gasteiger charge is 2.62. The van der Waals surface area contributed by atoms with Crippen LogP contribution in [0.3, 0.4) is 0 Å². The lowest BCUT2D eigenvalue weighted by Crippen LogP contribution is -2.38. The second-order valence-corrected chi connectivity index (χ2v) is 10.0. The smallest absolute Gasteiger partial charge is 0.408 e. The molecule has 3 aromatic heterocycles. The standard InChI is InChI=1S/C25H24F4N6O/c1-13(30)36-18-10-16(26)9-14-3-5-17(31-21(14)18)23-33-32-20-6-4-15(12-35(20)23)22(25(27,28)29)34-8-7-24(2)11-19(24)34/h3-6,9-10,12-13,19,22H,7-8,11,30H2,1-2H3. The van der Waals surface area contributed by atoms with E-state index in [1.807, 2.05) is 6.92 Å². The van der Waals surface area contributed by atoms with Crippen LogP contribution in [-0.4, -0.2) is 49.5 Å². The van der Waals surface area contributed by atoms with Crippen LogP contribution in [-0.2, 0) is 0 Å². The number of nitrogens with zero attached hydrogens (tertiary/aromatic N) is 5. The predicted octanol–water partition coefficient (Wildman–Crippen LogP) is 4.85. The van der Waals surface area contributed by atoms with Crippen molar-refractivity contribution in [3.05, 3.63) is 54.0 Å². The molecular formula is C25H24F4N6O. The monoisotopic (exact) mass is 500 g/mol. The fraction of sp³-hybridized carbons (Fsp3) is 0.400. The summed E-state index contributed by atoms with van der Waals surface area (Å²) in [6.45, 7) is 4.06. The van der Waals surface area contributed by atoms with Crippen LogP contribution in [0.15, 0.2) is 42.6 Å². The normalized spacial score (nSPS) is 23.7. The Bertz CT molecular complexity index is 1480. The zero-order valence-corrected chi connectivity index (χ0v) is 19.6. The minimum atomic E-state index is -4.44. The van der Waals surface area contributed by atoms with Crippen molar-refractivity contribution in [3.63, 3.8) is 0 Å². The summed E-state index contributed by atoms with van der Waals surface area (Å²) in [5.74, 6) is -0.0735. The molecule has 4 atom stereocenters. The van der Waals surface area contributed by atoms with E-state index in [-0.39, 0.29) is 28.6 Å². The number of fused-ring (bicyclic) bond motifs is 3. The number of halogens is 4. The Balaban J connectivity index is 1.45. The Morgan fingerprint density at radius 1 is 1.17 bits per heavy atom. The van der Waals surface area contributed by atoms with Crippen LogP contribution >= 0.6 is 0 Å². The number of ether oxygens (including phenoxy) is 1. The third-order valence-electron chi connectivity index (χ3n) is 7.29. The first-order valence-electron chi connectivity index (χ1n) is 11.7. The zero-order valence-electron chi connectivity index (χ0n) is 19.6. The van der Waals surface area contributed by atoms with E-state index in [0.29, 0.717) is 28.8 Å². The first-order valence-corrected chi connectivity index (χ1v) is 11.7. The third-order valence-corrected chi connectivity index (χ3v) is 7.29. The number of pyridine rings is 2. The fourth-order valence-corrected chi connectivity index (χ4v) is 5.41. The highest BCUT2D eigenvalue weighted by Crippen LogP contribution is 2.60. The molecular weight excluding hydrogens is 476 g/mol. The van der Waals surface area contributed by atoms with Gasteiger partial charge in [-0.25, -0.2) is 9.37 Å². The highest BCUT2D eigenvalue weighted by atomic mass is 19.4. The molecule has 4 heterocycles. The second kappa shape index (κ2) is 7.84. The predicted molar refractivity (Wildman–Crippen MR) is 125 cm³/mol. The molecule has 188 valence electrons. The van der Waals surface area contributed by atoms with Crippen molar-refractivity contribution in [2.45, 2.75) is 51.2 Å². The minimum absolute atomic E-state index is 0.0232. The number of hydrogen-bond donors (Lipinski definition) is 1. The summed E-state index contributed by atoms with van der Waals surface area (Å²) in [5.41, 5.74) is 6.93. The van der Waals surface area contributed by atoms with Gasteiger partial charge in [0.1, 0.15) is 29.3 Å². The van der Waals surface area contributed by atoms with Crippen LogP contribution in [0, 0.1) is 11.2 Å². The van der Waals surface area contributed by atoms with Crippen LogP contribution in [0.4, 0.5) is 17.6 Å². The van der Waals surface area contributed by atoms with E-state index >= 15 is 0 Å². The molecule has 1 aromatic carbocycles. The van der Waals surface area contributed by atoms with E-state index in [2.05, 4.69) is 15.2 Å². The zero-order chi connectivity index (χ0) is 25.4. The van der Waals surface area contributed by atoms with Gasteiger partial charge in [0.25, 0.3) is 0 Å². The molecule has 1 saturated heterocycles. The topological polar surface area (TPSA) is 81.6 Å². The lowest BCUT2D eigenvalue weighted by molar-refractivity contribution is -0.186. The molecule has 4 aromatic rings. The molecule has 0 amide bonds. The second-order valence-electron chi connectivity index (χ2n) is 10.0. The van der Waals surface area contributed by atoms with Crippen molar-refractivity contribution in [1.29, 1.82) is 0 Å². The van der Waals surface area contributed by atoms with Crippen molar-refractivity contribution in [2.75, 3.05) is 6.54 Å². The van der Waals surface area contributed by atoms with E-state index in [4.69, 9.17) is 10.5 Å². The largest absolute Gasteiger partial charge is 0.473 e. The maximum absolute atomic E-state index is 14.3. The quantitative estimate of drug-likeness (QED) is 0.312. The molecule has 0 spiro atoms. The summed E-state index contributed by atoms with van der Waals surface area (Å²) in [7, 11) is 0. The summed E-state index contributed by atoms with van der Waals surface area (Å²) in [6.07, 6.45) is -2.15. The van der Waals surface area contributed by atoms with Crippen LogP contribution in [0.5, 0.6) is 5.75 Å². The van der Waals surface area contributed by atoms with Crippen LogP contribution in [0.1, 0.15) is 38.3 Å². The van der Waals surface area contributed by atoms with Crippen LogP contribution < -0.4 is 10.5 Å². The van der Waals surface area contributed by atoms with Gasteiger partial charge in [0.15, 0.2) is 17.2 Å². The molecule has 11 heteroatoms. The van der Waals surface area contributed by atoms with E-state index in [9.17, 15) is 17.6 Å². The summed E-state index contributed by atoms with van der Waals surface area (Å²) in [6, 6.07) is 7.00. The Labute approximate surface area is 203 Å². The third kappa shape index (κ3) is 3.77. The highest BCUT2D eigenvalue weighted by molar-refractivity contribution is 5.86. The molecule has 7 nitrogen and oxygen atoms in total. The number of rotatable bonds is 5. The number of alkyl halides is 3. The number of hydrogen-bond acceptors (Lipinski definition) is 6. The van der Waals surface area contributed by atoms with E-state index in [0.717, 1.165) is 12.8 Å². The van der Waals surface area contributed by atoms with Crippen molar-refractivity contribution < 1.29 is 22.3 Å². The van der Waals surface area contributed by atoms with Gasteiger partial charge in [-0.3, -0.25) is 15.0 Å².